The Kier molecular flexibility index (Phi) is 3.97. The topological polar surface area (TPSA) is 29.1 Å². The molecule has 19 heavy (non-hydrogen) atoms. The molecule has 0 spiro atoms. The lowest BCUT2D eigenvalue weighted by atomic mass is 9.85. The van der Waals surface area contributed by atoms with Crippen LogP contribution in [-0.2, 0) is 13.1 Å². The van der Waals surface area contributed by atoms with Crippen LogP contribution in [0.3, 0.4) is 0 Å². The first-order valence-electron chi connectivity index (χ1n) is 7.68. The number of benzene rings is 1. The predicted molar refractivity (Wildman–Crippen MR) is 77.1 cm³/mol. The number of rotatable bonds is 4. The Hall–Kier alpha value is -1.15. The normalized spacial score (nSPS) is 19.4. The van der Waals surface area contributed by atoms with E-state index in [0.717, 1.165) is 37.4 Å². The van der Waals surface area contributed by atoms with E-state index in [1.807, 2.05) is 6.07 Å². The van der Waals surface area contributed by atoms with Gasteiger partial charge in [-0.15, -0.1) is 0 Å². The quantitative estimate of drug-likeness (QED) is 0.830. The van der Waals surface area contributed by atoms with E-state index in [2.05, 4.69) is 17.4 Å². The highest BCUT2D eigenvalue weighted by molar-refractivity contribution is 5.96. The third kappa shape index (κ3) is 3.06. The summed E-state index contributed by atoms with van der Waals surface area (Å²) < 4.78 is 0. The van der Waals surface area contributed by atoms with Gasteiger partial charge in [-0.25, -0.2) is 0 Å². The molecular weight excluding hydrogens is 234 g/mol. The minimum Gasteiger partial charge on any atom is -0.309 e. The molecule has 2 heteroatoms. The first kappa shape index (κ1) is 12.9. The highest BCUT2D eigenvalue weighted by atomic mass is 16.1. The van der Waals surface area contributed by atoms with Crippen LogP contribution in [0.25, 0.3) is 0 Å². The van der Waals surface area contributed by atoms with Crippen LogP contribution in [0.2, 0.25) is 0 Å². The molecule has 0 radical (unpaired) electrons. The Morgan fingerprint density at radius 3 is 2.74 bits per heavy atom. The van der Waals surface area contributed by atoms with Gasteiger partial charge in [-0.2, -0.15) is 0 Å². The molecule has 0 amide bonds. The van der Waals surface area contributed by atoms with Crippen LogP contribution in [0.1, 0.15) is 66.4 Å². The molecular formula is C17H23NO. The molecule has 102 valence electrons. The fourth-order valence-corrected chi connectivity index (χ4v) is 3.42. The predicted octanol–water partition coefficient (Wildman–Crippen LogP) is 3.83. The van der Waals surface area contributed by atoms with Crippen LogP contribution >= 0.6 is 0 Å². The number of hydrogen-bond acceptors (Lipinski definition) is 2. The number of carbonyl (C=O) groups excluding carboxylic acids is 1. The molecule has 1 aromatic rings. The van der Waals surface area contributed by atoms with E-state index in [0.29, 0.717) is 5.78 Å². The fraction of sp³-hybridized carbons (Fsp3) is 0.588. The third-order valence-corrected chi connectivity index (χ3v) is 4.66. The van der Waals surface area contributed by atoms with Crippen LogP contribution in [0.15, 0.2) is 18.2 Å². The number of carbonyl (C=O) groups is 1. The fourth-order valence-electron chi connectivity index (χ4n) is 3.42. The summed E-state index contributed by atoms with van der Waals surface area (Å²) in [7, 11) is 0. The number of nitrogens with one attached hydrogen (secondary N) is 1. The van der Waals surface area contributed by atoms with Crippen molar-refractivity contribution in [3.8, 4) is 0 Å². The van der Waals surface area contributed by atoms with Gasteiger partial charge in [-0.1, -0.05) is 44.2 Å². The lowest BCUT2D eigenvalue weighted by Crippen LogP contribution is -2.09. The Labute approximate surface area is 115 Å². The van der Waals surface area contributed by atoms with Gasteiger partial charge in [0.15, 0.2) is 5.78 Å². The molecule has 2 nitrogen and oxygen atoms in total. The number of Topliss-reactive ketones (excluding diaryl/α,β-unsaturated/α-hetero) is 1. The second-order valence-corrected chi connectivity index (χ2v) is 6.05. The largest absolute Gasteiger partial charge is 0.309 e. The molecule has 0 unspecified atom stereocenters. The van der Waals surface area contributed by atoms with Crippen LogP contribution in [0, 0.1) is 5.92 Å². The van der Waals surface area contributed by atoms with Gasteiger partial charge in [0.05, 0.1) is 0 Å². The smallest absolute Gasteiger partial charge is 0.162 e. The SMILES string of the molecule is O=C(CCC1CCCCC1)c1ccc2c(c1)CNC2. The zero-order valence-electron chi connectivity index (χ0n) is 11.6. The number of ketones is 1. The zero-order valence-corrected chi connectivity index (χ0v) is 11.6. The average Bonchev–Trinajstić information content (AvgIpc) is 2.93. The maximum absolute atomic E-state index is 12.3. The molecule has 1 heterocycles. The molecule has 2 aliphatic rings. The van der Waals surface area contributed by atoms with E-state index in [1.54, 1.807) is 0 Å². The molecule has 0 bridgehead atoms. The van der Waals surface area contributed by atoms with Crippen molar-refractivity contribution >= 4 is 5.78 Å². The van der Waals surface area contributed by atoms with Crippen LogP contribution < -0.4 is 5.32 Å². The second kappa shape index (κ2) is 5.87. The van der Waals surface area contributed by atoms with Crippen molar-refractivity contribution in [2.45, 2.75) is 58.0 Å². The Bertz CT molecular complexity index is 460. The lowest BCUT2D eigenvalue weighted by molar-refractivity contribution is 0.0970. The van der Waals surface area contributed by atoms with Gasteiger partial charge in [0.25, 0.3) is 0 Å². The first-order chi connectivity index (χ1) is 9.33. The van der Waals surface area contributed by atoms with Crippen molar-refractivity contribution in [3.05, 3.63) is 34.9 Å². The van der Waals surface area contributed by atoms with E-state index >= 15 is 0 Å². The van der Waals surface area contributed by atoms with Crippen molar-refractivity contribution in [2.75, 3.05) is 0 Å². The summed E-state index contributed by atoms with van der Waals surface area (Å²) in [5.41, 5.74) is 3.57. The lowest BCUT2D eigenvalue weighted by Gasteiger charge is -2.20. The molecule has 1 saturated carbocycles. The molecule has 1 aliphatic carbocycles. The summed E-state index contributed by atoms with van der Waals surface area (Å²) in [5, 5.41) is 3.33. The average molecular weight is 257 g/mol. The van der Waals surface area contributed by atoms with Gasteiger partial charge in [0, 0.05) is 25.1 Å². The standard InChI is InChI=1S/C17H23NO/c19-17(9-6-13-4-2-1-3-5-13)14-7-8-15-11-18-12-16(15)10-14/h7-8,10,13,18H,1-6,9,11-12H2. The molecule has 1 aliphatic heterocycles. The van der Waals surface area contributed by atoms with E-state index in [9.17, 15) is 4.79 Å². The van der Waals surface area contributed by atoms with E-state index in [1.165, 1.54) is 43.2 Å². The summed E-state index contributed by atoms with van der Waals surface area (Å²) in [5.74, 6) is 1.13. The molecule has 3 rings (SSSR count). The monoisotopic (exact) mass is 257 g/mol. The van der Waals surface area contributed by atoms with Crippen molar-refractivity contribution in [1.82, 2.24) is 5.32 Å². The number of fused-ring (bicyclic) bond motifs is 1. The van der Waals surface area contributed by atoms with Gasteiger partial charge < -0.3 is 5.32 Å². The van der Waals surface area contributed by atoms with E-state index in [4.69, 9.17) is 0 Å². The molecule has 0 atom stereocenters. The van der Waals surface area contributed by atoms with Gasteiger partial charge in [0.2, 0.25) is 0 Å². The van der Waals surface area contributed by atoms with E-state index in [-0.39, 0.29) is 0 Å². The third-order valence-electron chi connectivity index (χ3n) is 4.66. The van der Waals surface area contributed by atoms with Crippen molar-refractivity contribution in [2.24, 2.45) is 5.92 Å². The molecule has 1 N–H and O–H groups in total. The van der Waals surface area contributed by atoms with Gasteiger partial charge in [0.1, 0.15) is 0 Å². The van der Waals surface area contributed by atoms with Crippen LogP contribution in [0.5, 0.6) is 0 Å². The molecule has 1 aromatic carbocycles. The Morgan fingerprint density at radius 1 is 1.11 bits per heavy atom. The van der Waals surface area contributed by atoms with Crippen molar-refractivity contribution in [3.63, 3.8) is 0 Å². The minimum atomic E-state index is 0.334. The van der Waals surface area contributed by atoms with Crippen molar-refractivity contribution < 1.29 is 4.79 Å². The summed E-state index contributed by atoms with van der Waals surface area (Å²) >= 11 is 0. The highest BCUT2D eigenvalue weighted by Gasteiger charge is 2.17. The summed E-state index contributed by atoms with van der Waals surface area (Å²) in [6.07, 6.45) is 8.61. The summed E-state index contributed by atoms with van der Waals surface area (Å²) in [6.45, 7) is 1.87. The molecule has 0 aromatic heterocycles. The van der Waals surface area contributed by atoms with Crippen LogP contribution in [0.4, 0.5) is 0 Å². The minimum absolute atomic E-state index is 0.334. The second-order valence-electron chi connectivity index (χ2n) is 6.05. The van der Waals surface area contributed by atoms with E-state index < -0.39 is 0 Å². The van der Waals surface area contributed by atoms with Gasteiger partial charge in [-0.05, 0) is 29.5 Å². The first-order valence-corrected chi connectivity index (χ1v) is 7.68. The Balaban J connectivity index is 1.57. The number of hydrogen-bond donors (Lipinski definition) is 1. The molecule has 0 saturated heterocycles. The van der Waals surface area contributed by atoms with Crippen LogP contribution in [-0.4, -0.2) is 5.78 Å². The summed E-state index contributed by atoms with van der Waals surface area (Å²) in [4.78, 5) is 12.3. The van der Waals surface area contributed by atoms with Gasteiger partial charge >= 0.3 is 0 Å². The summed E-state index contributed by atoms with van der Waals surface area (Å²) in [6, 6.07) is 6.22. The highest BCUT2D eigenvalue weighted by Crippen LogP contribution is 2.28. The Morgan fingerprint density at radius 2 is 1.89 bits per heavy atom. The van der Waals surface area contributed by atoms with Gasteiger partial charge in [-0.3, -0.25) is 4.79 Å². The van der Waals surface area contributed by atoms with Crippen molar-refractivity contribution in [1.29, 1.82) is 0 Å². The maximum atomic E-state index is 12.3. The zero-order chi connectivity index (χ0) is 13.1. The maximum Gasteiger partial charge on any atom is 0.162 e. The molecule has 1 fully saturated rings.